The van der Waals surface area contributed by atoms with E-state index >= 15 is 0 Å². The van der Waals surface area contributed by atoms with Gasteiger partial charge in [-0.25, -0.2) is 0 Å². The number of primary amides is 1. The van der Waals surface area contributed by atoms with E-state index in [-0.39, 0.29) is 5.57 Å². The summed E-state index contributed by atoms with van der Waals surface area (Å²) in [6.07, 6.45) is 3.68. The van der Waals surface area contributed by atoms with Crippen LogP contribution in [-0.4, -0.2) is 10.9 Å². The van der Waals surface area contributed by atoms with Gasteiger partial charge in [-0.15, -0.1) is 11.3 Å². The highest BCUT2D eigenvalue weighted by molar-refractivity contribution is 7.10. The van der Waals surface area contributed by atoms with E-state index in [0.29, 0.717) is 5.57 Å². The van der Waals surface area contributed by atoms with Gasteiger partial charge in [0.05, 0.1) is 5.69 Å². The first-order valence-corrected chi connectivity index (χ1v) is 9.26. The molecule has 0 atom stereocenters. The molecule has 128 valence electrons. The van der Waals surface area contributed by atoms with E-state index in [9.17, 15) is 10.1 Å². The molecule has 3 aromatic rings. The third-order valence-electron chi connectivity index (χ3n) is 4.74. The Morgan fingerprint density at radius 1 is 1.35 bits per heavy atom. The summed E-state index contributed by atoms with van der Waals surface area (Å²) in [5.74, 6) is -0.692. The largest absolute Gasteiger partial charge is 0.365 e. The minimum atomic E-state index is -0.692. The molecular weight excluding hydrogens is 342 g/mol. The molecule has 1 aliphatic carbocycles. The van der Waals surface area contributed by atoms with E-state index in [0.717, 1.165) is 45.5 Å². The fourth-order valence-corrected chi connectivity index (χ4v) is 4.27. The third-order valence-corrected chi connectivity index (χ3v) is 5.56. The number of nitrogens with zero attached hydrogens (tertiary/aromatic N) is 1. The zero-order valence-electron chi connectivity index (χ0n) is 14.3. The number of carbonyl (C=O) groups excluding carboxylic acids is 1. The lowest BCUT2D eigenvalue weighted by Gasteiger charge is -2.20. The van der Waals surface area contributed by atoms with E-state index in [1.807, 2.05) is 29.6 Å². The Balaban J connectivity index is 2.02. The maximum absolute atomic E-state index is 12.0. The molecule has 0 radical (unpaired) electrons. The second-order valence-corrected chi connectivity index (χ2v) is 7.42. The second-order valence-electron chi connectivity index (χ2n) is 6.44. The monoisotopic (exact) mass is 359 g/mol. The normalized spacial score (nSPS) is 17.2. The summed E-state index contributed by atoms with van der Waals surface area (Å²) in [5.41, 5.74) is 11.3. The Kier molecular flexibility index (Phi) is 3.98. The molecule has 5 heteroatoms. The van der Waals surface area contributed by atoms with Crippen LogP contribution in [0.25, 0.3) is 22.6 Å². The molecule has 1 amide bonds. The van der Waals surface area contributed by atoms with Crippen LogP contribution in [-0.2, 0) is 11.2 Å². The lowest BCUT2D eigenvalue weighted by molar-refractivity contribution is -0.114. The van der Waals surface area contributed by atoms with Gasteiger partial charge < -0.3 is 10.7 Å². The van der Waals surface area contributed by atoms with Gasteiger partial charge >= 0.3 is 0 Å². The molecule has 0 spiro atoms. The molecular formula is C21H17N3OS. The summed E-state index contributed by atoms with van der Waals surface area (Å²) in [6, 6.07) is 12.3. The number of nitrogens with two attached hydrogens (primary N) is 1. The fraction of sp³-hybridized carbons (Fsp3) is 0.143. The lowest BCUT2D eigenvalue weighted by atomic mass is 9.84. The number of hydrogen-bond donors (Lipinski definition) is 2. The predicted molar refractivity (Wildman–Crippen MR) is 105 cm³/mol. The maximum Gasteiger partial charge on any atom is 0.260 e. The van der Waals surface area contributed by atoms with E-state index in [2.05, 4.69) is 30.1 Å². The minimum Gasteiger partial charge on any atom is -0.365 e. The second kappa shape index (κ2) is 6.32. The molecule has 1 aromatic carbocycles. The molecule has 0 saturated carbocycles. The van der Waals surface area contributed by atoms with Gasteiger partial charge in [0, 0.05) is 21.4 Å². The van der Waals surface area contributed by atoms with Crippen molar-refractivity contribution in [2.24, 2.45) is 5.73 Å². The SMILES string of the molecule is Cc1ccc2[nH]c3c(c2c1)CCC(=C\c1cccs1)/C3=C(\C#N)C(N)=O. The number of amides is 1. The average Bonchev–Trinajstić information content (AvgIpc) is 3.24. The van der Waals surface area contributed by atoms with Gasteiger partial charge in [-0.3, -0.25) is 4.79 Å². The zero-order valence-corrected chi connectivity index (χ0v) is 15.1. The first-order valence-electron chi connectivity index (χ1n) is 8.38. The van der Waals surface area contributed by atoms with Gasteiger partial charge in [0.2, 0.25) is 0 Å². The van der Waals surface area contributed by atoms with Crippen LogP contribution in [0.5, 0.6) is 0 Å². The van der Waals surface area contributed by atoms with Crippen molar-refractivity contribution in [3.8, 4) is 6.07 Å². The van der Waals surface area contributed by atoms with E-state index in [1.54, 1.807) is 11.3 Å². The van der Waals surface area contributed by atoms with Gasteiger partial charge in [-0.2, -0.15) is 5.26 Å². The van der Waals surface area contributed by atoms with Crippen LogP contribution < -0.4 is 5.73 Å². The number of aromatic nitrogens is 1. The van der Waals surface area contributed by atoms with E-state index in [1.165, 1.54) is 5.56 Å². The predicted octanol–water partition coefficient (Wildman–Crippen LogP) is 4.33. The number of benzene rings is 1. The fourth-order valence-electron chi connectivity index (χ4n) is 3.59. The number of H-pyrrole nitrogens is 1. The van der Waals surface area contributed by atoms with Gasteiger partial charge in [0.25, 0.3) is 5.91 Å². The maximum atomic E-state index is 12.0. The molecule has 3 N–H and O–H groups in total. The van der Waals surface area contributed by atoms with Crippen LogP contribution in [0.3, 0.4) is 0 Å². The Bertz CT molecular complexity index is 1120. The topological polar surface area (TPSA) is 82.7 Å². The van der Waals surface area contributed by atoms with Gasteiger partial charge in [-0.05, 0) is 60.6 Å². The molecule has 4 nitrogen and oxygen atoms in total. The van der Waals surface area contributed by atoms with Crippen molar-refractivity contribution in [2.45, 2.75) is 19.8 Å². The lowest BCUT2D eigenvalue weighted by Crippen LogP contribution is -2.17. The van der Waals surface area contributed by atoms with Crippen molar-refractivity contribution < 1.29 is 4.79 Å². The van der Waals surface area contributed by atoms with Crippen LogP contribution in [0.15, 0.2) is 46.9 Å². The highest BCUT2D eigenvalue weighted by Gasteiger charge is 2.27. The Hall–Kier alpha value is -3.10. The highest BCUT2D eigenvalue weighted by atomic mass is 32.1. The smallest absolute Gasteiger partial charge is 0.260 e. The highest BCUT2D eigenvalue weighted by Crippen LogP contribution is 2.41. The Labute approximate surface area is 155 Å². The van der Waals surface area contributed by atoms with E-state index < -0.39 is 5.91 Å². The summed E-state index contributed by atoms with van der Waals surface area (Å²) >= 11 is 1.63. The van der Waals surface area contributed by atoms with Gasteiger partial charge in [-0.1, -0.05) is 17.7 Å². The van der Waals surface area contributed by atoms with Gasteiger partial charge in [0.1, 0.15) is 11.6 Å². The number of carbonyl (C=O) groups is 1. The Morgan fingerprint density at radius 2 is 2.19 bits per heavy atom. The van der Waals surface area contributed by atoms with Crippen LogP contribution in [0.4, 0.5) is 0 Å². The van der Waals surface area contributed by atoms with Crippen LogP contribution in [0.1, 0.15) is 28.1 Å². The average molecular weight is 359 g/mol. The first-order chi connectivity index (χ1) is 12.6. The molecule has 26 heavy (non-hydrogen) atoms. The molecule has 0 fully saturated rings. The molecule has 1 aliphatic rings. The molecule has 0 aliphatic heterocycles. The number of nitriles is 1. The van der Waals surface area contributed by atoms with Crippen molar-refractivity contribution >= 4 is 39.8 Å². The van der Waals surface area contributed by atoms with Crippen molar-refractivity contribution in [3.05, 3.63) is 68.6 Å². The number of rotatable bonds is 2. The summed E-state index contributed by atoms with van der Waals surface area (Å²) in [6.45, 7) is 2.06. The van der Waals surface area contributed by atoms with Crippen molar-refractivity contribution in [1.29, 1.82) is 5.26 Å². The number of allylic oxidation sites excluding steroid dienone is 2. The molecule has 0 bridgehead atoms. The minimum absolute atomic E-state index is 0.0111. The number of hydrogen-bond acceptors (Lipinski definition) is 3. The molecule has 0 unspecified atom stereocenters. The molecule has 2 aromatic heterocycles. The van der Waals surface area contributed by atoms with Gasteiger partial charge in [0.15, 0.2) is 0 Å². The molecule has 2 heterocycles. The van der Waals surface area contributed by atoms with Crippen molar-refractivity contribution in [1.82, 2.24) is 4.98 Å². The third kappa shape index (κ3) is 2.65. The van der Waals surface area contributed by atoms with Crippen LogP contribution in [0, 0.1) is 18.3 Å². The summed E-state index contributed by atoms with van der Waals surface area (Å²) in [5, 5.41) is 12.7. The summed E-state index contributed by atoms with van der Waals surface area (Å²) in [7, 11) is 0. The number of aryl methyl sites for hydroxylation is 2. The first kappa shape index (κ1) is 16.4. The summed E-state index contributed by atoms with van der Waals surface area (Å²) in [4.78, 5) is 16.5. The van der Waals surface area contributed by atoms with E-state index in [4.69, 9.17) is 5.73 Å². The number of nitrogens with one attached hydrogen (secondary N) is 1. The van der Waals surface area contributed by atoms with Crippen molar-refractivity contribution in [3.63, 3.8) is 0 Å². The standard InChI is InChI=1S/C21H17N3OS/c1-12-4-7-18-16(9-12)15-6-5-13(10-14-3-2-8-26-14)19(20(15)24-18)17(11-22)21(23)25/h2-4,7-10,24H,5-6H2,1H3,(H2,23,25)/b13-10+,19-17-. The quantitative estimate of drug-likeness (QED) is 0.527. The zero-order chi connectivity index (χ0) is 18.3. The number of thiophene rings is 1. The van der Waals surface area contributed by atoms with Crippen LogP contribution >= 0.6 is 11.3 Å². The molecule has 4 rings (SSSR count). The number of fused-ring (bicyclic) bond motifs is 3. The van der Waals surface area contributed by atoms with Crippen LogP contribution in [0.2, 0.25) is 0 Å². The summed E-state index contributed by atoms with van der Waals surface area (Å²) < 4.78 is 0. The number of aromatic amines is 1. The Morgan fingerprint density at radius 3 is 2.88 bits per heavy atom. The van der Waals surface area contributed by atoms with Crippen molar-refractivity contribution in [2.75, 3.05) is 0 Å². The molecule has 0 saturated heterocycles.